The summed E-state index contributed by atoms with van der Waals surface area (Å²) in [4.78, 5) is 10.7. The summed E-state index contributed by atoms with van der Waals surface area (Å²) in [5, 5.41) is 0.256. The first-order valence-electron chi connectivity index (χ1n) is 5.11. The molecule has 0 aliphatic rings. The predicted molar refractivity (Wildman–Crippen MR) is 64.9 cm³/mol. The molecule has 0 radical (unpaired) electrons. The molecule has 0 amide bonds. The van der Waals surface area contributed by atoms with E-state index in [0.717, 1.165) is 25.0 Å². The minimum absolute atomic E-state index is 0.252. The van der Waals surface area contributed by atoms with E-state index in [1.54, 1.807) is 6.92 Å². The normalized spacial score (nSPS) is 15.1. The molecule has 2 nitrogen and oxygen atoms in total. The Kier molecular flexibility index (Phi) is 8.58. The van der Waals surface area contributed by atoms with Gasteiger partial charge in [-0.2, -0.15) is 0 Å². The lowest BCUT2D eigenvalue weighted by Gasteiger charge is -2.08. The molecule has 84 valence electrons. The first-order valence-corrected chi connectivity index (χ1v) is 7.82. The number of carbonyl (C=O) groups excluding carboxylic acids is 1. The number of unbranched alkanes of at least 4 members (excludes halogenated alkanes) is 1. The van der Waals surface area contributed by atoms with Crippen molar-refractivity contribution in [3.63, 3.8) is 0 Å². The molecule has 0 N–H and O–H groups in total. The fraction of sp³-hybridized carbons (Fsp3) is 0.900. The number of carbonyl (C=O) groups is 1. The molecule has 4 heteroatoms. The van der Waals surface area contributed by atoms with Gasteiger partial charge in [0, 0.05) is 17.4 Å². The SMILES string of the molecule is CCSS(=O)C(C)CCCCC(C)=O. The van der Waals surface area contributed by atoms with Crippen molar-refractivity contribution in [3.05, 3.63) is 0 Å². The van der Waals surface area contributed by atoms with E-state index >= 15 is 0 Å². The van der Waals surface area contributed by atoms with Crippen LogP contribution in [0.3, 0.4) is 0 Å². The van der Waals surface area contributed by atoms with Gasteiger partial charge in [0.2, 0.25) is 0 Å². The molecule has 0 aromatic heterocycles. The maximum atomic E-state index is 11.5. The van der Waals surface area contributed by atoms with Gasteiger partial charge < -0.3 is 4.79 Å². The smallest absolute Gasteiger partial charge is 0.129 e. The van der Waals surface area contributed by atoms with Crippen LogP contribution in [-0.4, -0.2) is 21.0 Å². The molecule has 0 fully saturated rings. The van der Waals surface area contributed by atoms with Crippen molar-refractivity contribution in [2.45, 2.75) is 51.7 Å². The quantitative estimate of drug-likeness (QED) is 0.480. The van der Waals surface area contributed by atoms with Gasteiger partial charge in [-0.1, -0.05) is 24.1 Å². The highest BCUT2D eigenvalue weighted by atomic mass is 33.1. The maximum absolute atomic E-state index is 11.5. The standard InChI is InChI=1S/C10H20O2S2/c1-4-13-14(12)10(3)8-6-5-7-9(2)11/h10H,4-8H2,1-3H3. The van der Waals surface area contributed by atoms with E-state index < -0.39 is 9.83 Å². The molecule has 0 rings (SSSR count). The van der Waals surface area contributed by atoms with E-state index in [2.05, 4.69) is 0 Å². The van der Waals surface area contributed by atoms with Crippen LogP contribution < -0.4 is 0 Å². The van der Waals surface area contributed by atoms with Gasteiger partial charge >= 0.3 is 0 Å². The summed E-state index contributed by atoms with van der Waals surface area (Å²) in [6.45, 7) is 5.66. The Balaban J connectivity index is 3.48. The number of ketones is 1. The third kappa shape index (κ3) is 7.56. The highest BCUT2D eigenvalue weighted by Crippen LogP contribution is 2.17. The Labute approximate surface area is 93.1 Å². The average Bonchev–Trinajstić information content (AvgIpc) is 2.12. The minimum atomic E-state index is -0.747. The number of hydrogen-bond acceptors (Lipinski definition) is 3. The van der Waals surface area contributed by atoms with Gasteiger partial charge in [0.05, 0.1) is 9.83 Å². The second kappa shape index (κ2) is 8.48. The summed E-state index contributed by atoms with van der Waals surface area (Å²) in [6.07, 6.45) is 3.58. The van der Waals surface area contributed by atoms with Crippen molar-refractivity contribution in [2.75, 3.05) is 5.75 Å². The fourth-order valence-corrected chi connectivity index (χ4v) is 3.64. The van der Waals surface area contributed by atoms with E-state index in [9.17, 15) is 9.00 Å². The van der Waals surface area contributed by atoms with Crippen LogP contribution in [0.1, 0.15) is 46.5 Å². The molecule has 0 saturated heterocycles. The van der Waals surface area contributed by atoms with E-state index in [4.69, 9.17) is 0 Å². The lowest BCUT2D eigenvalue weighted by atomic mass is 10.1. The summed E-state index contributed by atoms with van der Waals surface area (Å²) in [6, 6.07) is 0. The molecule has 14 heavy (non-hydrogen) atoms. The Morgan fingerprint density at radius 2 is 2.07 bits per heavy atom. The molecule has 0 aromatic rings. The zero-order valence-corrected chi connectivity index (χ0v) is 10.9. The lowest BCUT2D eigenvalue weighted by Crippen LogP contribution is -2.07. The molecular formula is C10H20O2S2. The molecule has 0 saturated carbocycles. The number of hydrogen-bond donors (Lipinski definition) is 0. The third-order valence-corrected chi connectivity index (χ3v) is 5.70. The topological polar surface area (TPSA) is 34.1 Å². The first-order chi connectivity index (χ1) is 6.57. The lowest BCUT2D eigenvalue weighted by molar-refractivity contribution is -0.117. The van der Waals surface area contributed by atoms with E-state index in [1.807, 2.05) is 13.8 Å². The van der Waals surface area contributed by atoms with Crippen molar-refractivity contribution < 1.29 is 9.00 Å². The molecule has 2 atom stereocenters. The molecule has 0 aliphatic heterocycles. The van der Waals surface area contributed by atoms with Crippen LogP contribution in [0, 0.1) is 0 Å². The minimum Gasteiger partial charge on any atom is -0.300 e. The van der Waals surface area contributed by atoms with Crippen LogP contribution in [0.25, 0.3) is 0 Å². The first kappa shape index (κ1) is 14.2. The van der Waals surface area contributed by atoms with Crippen molar-refractivity contribution in [3.8, 4) is 0 Å². The van der Waals surface area contributed by atoms with Gasteiger partial charge in [-0.3, -0.25) is 0 Å². The second-order valence-corrected chi connectivity index (χ2v) is 7.26. The number of Topliss-reactive ketones (excluding diaryl/α,β-unsaturated/α-hetero) is 1. The third-order valence-electron chi connectivity index (χ3n) is 1.95. The fourth-order valence-electron chi connectivity index (χ4n) is 1.13. The monoisotopic (exact) mass is 236 g/mol. The second-order valence-electron chi connectivity index (χ2n) is 3.43. The molecule has 0 spiro atoms. The zero-order chi connectivity index (χ0) is 11.0. The highest BCUT2D eigenvalue weighted by Gasteiger charge is 2.10. The molecule has 2 unspecified atom stereocenters. The van der Waals surface area contributed by atoms with Crippen LogP contribution in [-0.2, 0) is 14.6 Å². The van der Waals surface area contributed by atoms with Gasteiger partial charge in [0.15, 0.2) is 0 Å². The van der Waals surface area contributed by atoms with Crippen LogP contribution in [0.15, 0.2) is 0 Å². The van der Waals surface area contributed by atoms with Gasteiger partial charge in [0.1, 0.15) is 5.78 Å². The van der Waals surface area contributed by atoms with Gasteiger partial charge in [-0.15, -0.1) is 0 Å². The van der Waals surface area contributed by atoms with Crippen LogP contribution in [0.5, 0.6) is 0 Å². The largest absolute Gasteiger partial charge is 0.300 e. The summed E-state index contributed by atoms with van der Waals surface area (Å²) in [7, 11) is 0.762. The van der Waals surface area contributed by atoms with Crippen LogP contribution >= 0.6 is 10.8 Å². The van der Waals surface area contributed by atoms with Crippen LogP contribution in [0.4, 0.5) is 0 Å². The van der Waals surface area contributed by atoms with Gasteiger partial charge in [-0.05, 0) is 26.7 Å². The summed E-state index contributed by atoms with van der Waals surface area (Å²) < 4.78 is 11.5. The van der Waals surface area contributed by atoms with E-state index in [0.29, 0.717) is 6.42 Å². The van der Waals surface area contributed by atoms with E-state index in [-0.39, 0.29) is 11.0 Å². The number of rotatable bonds is 8. The molecule has 0 heterocycles. The Bertz CT molecular complexity index is 193. The van der Waals surface area contributed by atoms with Crippen molar-refractivity contribution in [1.29, 1.82) is 0 Å². The van der Waals surface area contributed by atoms with Crippen molar-refractivity contribution in [1.82, 2.24) is 0 Å². The molecular weight excluding hydrogens is 216 g/mol. The summed E-state index contributed by atoms with van der Waals surface area (Å²) in [5.41, 5.74) is 0. The van der Waals surface area contributed by atoms with E-state index in [1.165, 1.54) is 10.8 Å². The maximum Gasteiger partial charge on any atom is 0.129 e. The molecule has 0 aromatic carbocycles. The van der Waals surface area contributed by atoms with Crippen molar-refractivity contribution >= 4 is 26.4 Å². The Morgan fingerprint density at radius 3 is 2.57 bits per heavy atom. The van der Waals surface area contributed by atoms with Gasteiger partial charge in [-0.25, -0.2) is 4.21 Å². The average molecular weight is 236 g/mol. The Morgan fingerprint density at radius 1 is 1.43 bits per heavy atom. The van der Waals surface area contributed by atoms with Gasteiger partial charge in [0.25, 0.3) is 0 Å². The zero-order valence-electron chi connectivity index (χ0n) is 9.25. The van der Waals surface area contributed by atoms with Crippen LogP contribution in [0.2, 0.25) is 0 Å². The van der Waals surface area contributed by atoms with Crippen molar-refractivity contribution in [2.24, 2.45) is 0 Å². The molecule has 0 aliphatic carbocycles. The Hall–Kier alpha value is 0.170. The summed E-state index contributed by atoms with van der Waals surface area (Å²) in [5.74, 6) is 1.16. The summed E-state index contributed by atoms with van der Waals surface area (Å²) >= 11 is 0. The highest BCUT2D eigenvalue weighted by molar-refractivity contribution is 8.69. The predicted octanol–water partition coefficient (Wildman–Crippen LogP) is 2.94. The molecule has 0 bridgehead atoms.